The second kappa shape index (κ2) is 8.71. The lowest BCUT2D eigenvalue weighted by Crippen LogP contribution is -2.38. The molecule has 0 radical (unpaired) electrons. The average molecular weight is 434 g/mol. The normalized spacial score (nSPS) is 15.9. The van der Waals surface area contributed by atoms with Crippen LogP contribution in [0.25, 0.3) is 27.4 Å². The number of nitrogens with zero attached hydrogens (tertiary/aromatic N) is 2. The van der Waals surface area contributed by atoms with Gasteiger partial charge in [-0.25, -0.2) is 0 Å². The van der Waals surface area contributed by atoms with Gasteiger partial charge in [0.2, 0.25) is 0 Å². The molecule has 0 aliphatic carbocycles. The predicted molar refractivity (Wildman–Crippen MR) is 126 cm³/mol. The lowest BCUT2D eigenvalue weighted by Gasteiger charge is -2.28. The van der Waals surface area contributed by atoms with Crippen LogP contribution in [-0.2, 0) is 0 Å². The van der Waals surface area contributed by atoms with Gasteiger partial charge in [0.1, 0.15) is 18.5 Å². The summed E-state index contributed by atoms with van der Waals surface area (Å²) in [5, 5.41) is 13.4. The van der Waals surface area contributed by atoms with Gasteiger partial charge < -0.3 is 14.8 Å². The fraction of sp³-hybridized carbons (Fsp3) is 0.240. The number of hydrogen-bond acceptors (Lipinski definition) is 4. The summed E-state index contributed by atoms with van der Waals surface area (Å²) in [7, 11) is 0. The highest BCUT2D eigenvalue weighted by Crippen LogP contribution is 2.30. The molecule has 2 aromatic heterocycles. The Balaban J connectivity index is 1.19. The van der Waals surface area contributed by atoms with E-state index in [1.165, 1.54) is 16.5 Å². The number of aliphatic hydroxyl groups is 1. The lowest BCUT2D eigenvalue weighted by molar-refractivity contribution is 0.0722. The number of fused-ring (bicyclic) bond motifs is 2. The van der Waals surface area contributed by atoms with Crippen LogP contribution in [0, 0.1) is 0 Å². The molecule has 1 unspecified atom stereocenters. The van der Waals surface area contributed by atoms with Crippen LogP contribution >= 0.6 is 11.6 Å². The summed E-state index contributed by atoms with van der Waals surface area (Å²) in [6, 6.07) is 15.6. The maximum absolute atomic E-state index is 10.5. The zero-order chi connectivity index (χ0) is 21.2. The minimum absolute atomic E-state index is 0.254. The number of β-amino-alcohol motifs (C(OH)–C–C–N with tert-alkyl or cyclic N) is 1. The number of nitrogens with one attached hydrogen (secondary N) is 1. The zero-order valence-electron chi connectivity index (χ0n) is 17.1. The maximum atomic E-state index is 10.5. The summed E-state index contributed by atoms with van der Waals surface area (Å²) in [6.07, 6.45) is 6.47. The molecule has 5 nitrogen and oxygen atoms in total. The molecule has 0 saturated heterocycles. The fourth-order valence-corrected chi connectivity index (χ4v) is 4.40. The lowest BCUT2D eigenvalue weighted by atomic mass is 9.99. The van der Waals surface area contributed by atoms with Crippen molar-refractivity contribution >= 4 is 39.0 Å². The van der Waals surface area contributed by atoms with Crippen LogP contribution in [0.5, 0.6) is 5.75 Å². The number of pyridine rings is 1. The summed E-state index contributed by atoms with van der Waals surface area (Å²) in [6.45, 7) is 2.55. The first kappa shape index (κ1) is 20.1. The number of rotatable bonds is 6. The van der Waals surface area contributed by atoms with Crippen molar-refractivity contribution in [2.75, 3.05) is 26.2 Å². The van der Waals surface area contributed by atoms with Crippen molar-refractivity contribution in [3.8, 4) is 5.75 Å². The van der Waals surface area contributed by atoms with E-state index in [1.54, 1.807) is 6.20 Å². The summed E-state index contributed by atoms with van der Waals surface area (Å²) in [5.41, 5.74) is 4.52. The van der Waals surface area contributed by atoms with Crippen molar-refractivity contribution in [1.82, 2.24) is 14.9 Å². The van der Waals surface area contributed by atoms with E-state index in [1.807, 2.05) is 42.5 Å². The standard InChI is InChI=1S/C25H24ClN3O2/c26-18-6-7-20-22(14-28-24(20)13-18)17-8-11-29(12-9-17)15-19(30)16-31-25-5-1-4-23-21(25)3-2-10-27-23/h1-8,10,13-14,19,28,30H,9,11-12,15-16H2. The van der Waals surface area contributed by atoms with Crippen LogP contribution in [0.15, 0.2) is 67.0 Å². The maximum Gasteiger partial charge on any atom is 0.128 e. The summed E-state index contributed by atoms with van der Waals surface area (Å²) < 4.78 is 5.91. The van der Waals surface area contributed by atoms with Gasteiger partial charge in [0.05, 0.1) is 5.52 Å². The van der Waals surface area contributed by atoms with Crippen LogP contribution in [-0.4, -0.2) is 52.3 Å². The Morgan fingerprint density at radius 2 is 2.10 bits per heavy atom. The van der Waals surface area contributed by atoms with E-state index in [0.717, 1.165) is 46.7 Å². The number of aromatic nitrogens is 2. The fourth-order valence-electron chi connectivity index (χ4n) is 4.22. The second-order valence-electron chi connectivity index (χ2n) is 7.92. The largest absolute Gasteiger partial charge is 0.490 e. The molecule has 0 bridgehead atoms. The molecule has 3 heterocycles. The van der Waals surface area contributed by atoms with Crippen molar-refractivity contribution in [3.05, 3.63) is 77.6 Å². The number of aliphatic hydroxyl groups excluding tert-OH is 1. The third-order valence-electron chi connectivity index (χ3n) is 5.79. The van der Waals surface area contributed by atoms with Crippen molar-refractivity contribution in [2.45, 2.75) is 12.5 Å². The molecule has 5 rings (SSSR count). The first-order valence-electron chi connectivity index (χ1n) is 10.5. The minimum atomic E-state index is -0.558. The van der Waals surface area contributed by atoms with Crippen LogP contribution in [0.4, 0.5) is 0 Å². The SMILES string of the molecule is OC(COc1cccc2ncccc12)CN1CC=C(c2c[nH]c3cc(Cl)ccc23)CC1. The highest BCUT2D eigenvalue weighted by molar-refractivity contribution is 6.31. The Hall–Kier alpha value is -2.86. The van der Waals surface area contributed by atoms with E-state index in [4.69, 9.17) is 16.3 Å². The highest BCUT2D eigenvalue weighted by Gasteiger charge is 2.18. The molecule has 0 amide bonds. The topological polar surface area (TPSA) is 61.4 Å². The first-order chi connectivity index (χ1) is 15.2. The third kappa shape index (κ3) is 4.30. The number of halogens is 1. The van der Waals surface area contributed by atoms with E-state index in [9.17, 15) is 5.11 Å². The molecular formula is C25H24ClN3O2. The van der Waals surface area contributed by atoms with Crippen LogP contribution in [0.2, 0.25) is 5.02 Å². The third-order valence-corrected chi connectivity index (χ3v) is 6.02. The average Bonchev–Trinajstić information content (AvgIpc) is 3.21. The Morgan fingerprint density at radius 1 is 1.16 bits per heavy atom. The highest BCUT2D eigenvalue weighted by atomic mass is 35.5. The van der Waals surface area contributed by atoms with Crippen LogP contribution in [0.1, 0.15) is 12.0 Å². The zero-order valence-corrected chi connectivity index (χ0v) is 17.8. The molecule has 1 aliphatic heterocycles. The van der Waals surface area contributed by atoms with Crippen molar-refractivity contribution in [2.24, 2.45) is 0 Å². The number of benzene rings is 2. The van der Waals surface area contributed by atoms with E-state index >= 15 is 0 Å². The minimum Gasteiger partial charge on any atom is -0.490 e. The first-order valence-corrected chi connectivity index (χ1v) is 10.9. The second-order valence-corrected chi connectivity index (χ2v) is 8.36. The molecular weight excluding hydrogens is 410 g/mol. The van der Waals surface area contributed by atoms with Gasteiger partial charge in [0, 0.05) is 58.9 Å². The van der Waals surface area contributed by atoms with Gasteiger partial charge in [-0.15, -0.1) is 0 Å². The quantitative estimate of drug-likeness (QED) is 0.454. The van der Waals surface area contributed by atoms with E-state index in [2.05, 4.69) is 33.2 Å². The number of aromatic amines is 1. The molecule has 6 heteroatoms. The molecule has 1 atom stereocenters. The summed E-state index contributed by atoms with van der Waals surface area (Å²) in [5.74, 6) is 0.755. The summed E-state index contributed by atoms with van der Waals surface area (Å²) >= 11 is 6.10. The van der Waals surface area contributed by atoms with E-state index in [-0.39, 0.29) is 6.61 Å². The Morgan fingerprint density at radius 3 is 2.97 bits per heavy atom. The number of hydrogen-bond donors (Lipinski definition) is 2. The molecule has 4 aromatic rings. The molecule has 0 spiro atoms. The molecule has 1 aliphatic rings. The number of H-pyrrole nitrogens is 1. The molecule has 0 fully saturated rings. The van der Waals surface area contributed by atoms with Gasteiger partial charge in [0.15, 0.2) is 0 Å². The predicted octanol–water partition coefficient (Wildman–Crippen LogP) is 4.90. The molecule has 2 N–H and O–H groups in total. The molecule has 2 aromatic carbocycles. The summed E-state index contributed by atoms with van der Waals surface area (Å²) in [4.78, 5) is 9.92. The van der Waals surface area contributed by atoms with Gasteiger partial charge in [-0.1, -0.05) is 29.8 Å². The Labute approximate surface area is 185 Å². The number of ether oxygens (including phenoxy) is 1. The van der Waals surface area contributed by atoms with E-state index < -0.39 is 6.10 Å². The van der Waals surface area contributed by atoms with Gasteiger partial charge in [-0.3, -0.25) is 9.88 Å². The van der Waals surface area contributed by atoms with E-state index in [0.29, 0.717) is 6.54 Å². The van der Waals surface area contributed by atoms with Gasteiger partial charge >= 0.3 is 0 Å². The van der Waals surface area contributed by atoms with Crippen molar-refractivity contribution in [1.29, 1.82) is 0 Å². The smallest absolute Gasteiger partial charge is 0.128 e. The molecule has 0 saturated carbocycles. The Bertz CT molecular complexity index is 1240. The monoisotopic (exact) mass is 433 g/mol. The molecule has 31 heavy (non-hydrogen) atoms. The Kier molecular flexibility index (Phi) is 5.64. The van der Waals surface area contributed by atoms with Gasteiger partial charge in [-0.05, 0) is 48.4 Å². The van der Waals surface area contributed by atoms with Crippen LogP contribution < -0.4 is 4.74 Å². The molecule has 158 valence electrons. The van der Waals surface area contributed by atoms with Crippen LogP contribution in [0.3, 0.4) is 0 Å². The van der Waals surface area contributed by atoms with Gasteiger partial charge in [-0.2, -0.15) is 0 Å². The van der Waals surface area contributed by atoms with Crippen molar-refractivity contribution in [3.63, 3.8) is 0 Å². The van der Waals surface area contributed by atoms with Gasteiger partial charge in [0.25, 0.3) is 0 Å². The van der Waals surface area contributed by atoms with Crippen molar-refractivity contribution < 1.29 is 9.84 Å².